The summed E-state index contributed by atoms with van der Waals surface area (Å²) in [5, 5.41) is 5.03. The lowest BCUT2D eigenvalue weighted by Gasteiger charge is -2.18. The second-order valence-corrected chi connectivity index (χ2v) is 8.54. The minimum absolute atomic E-state index is 0.0613. The van der Waals surface area contributed by atoms with Gasteiger partial charge in [-0.15, -0.1) is 11.3 Å². The Morgan fingerprint density at radius 2 is 1.83 bits per heavy atom. The number of nitrogens with zero attached hydrogens (tertiary/aromatic N) is 2. The van der Waals surface area contributed by atoms with Crippen LogP contribution in [0.4, 0.5) is 0 Å². The van der Waals surface area contributed by atoms with Crippen LogP contribution in [0.15, 0.2) is 53.9 Å². The van der Waals surface area contributed by atoms with Gasteiger partial charge in [0, 0.05) is 6.54 Å². The van der Waals surface area contributed by atoms with Gasteiger partial charge in [0.05, 0.1) is 22.0 Å². The summed E-state index contributed by atoms with van der Waals surface area (Å²) in [7, 11) is 0. The number of fused-ring (bicyclic) bond motifs is 1. The van der Waals surface area contributed by atoms with Gasteiger partial charge < -0.3 is 9.88 Å². The molecule has 0 aliphatic carbocycles. The van der Waals surface area contributed by atoms with E-state index in [1.807, 2.05) is 42.6 Å². The predicted octanol–water partition coefficient (Wildman–Crippen LogP) is 5.56. The number of amides is 1. The van der Waals surface area contributed by atoms with Crippen LogP contribution in [0.5, 0.6) is 0 Å². The lowest BCUT2D eigenvalue weighted by molar-refractivity contribution is 0.0942. The van der Waals surface area contributed by atoms with Gasteiger partial charge in [0.25, 0.3) is 5.91 Å². The molecule has 0 aliphatic rings. The van der Waals surface area contributed by atoms with Crippen molar-refractivity contribution in [2.24, 2.45) is 0 Å². The Bertz CT molecular complexity index is 1150. The summed E-state index contributed by atoms with van der Waals surface area (Å²) in [6.45, 7) is 9.18. The SMILES string of the molecule is Cc1cc(C)c(Cn2c(C(C)NC(=O)c3cccs3)nc3ccccc32)c(C)c1. The van der Waals surface area contributed by atoms with E-state index in [1.54, 1.807) is 0 Å². The van der Waals surface area contributed by atoms with Crippen molar-refractivity contribution in [3.63, 3.8) is 0 Å². The lowest BCUT2D eigenvalue weighted by Crippen LogP contribution is -2.28. The highest BCUT2D eigenvalue weighted by molar-refractivity contribution is 7.12. The van der Waals surface area contributed by atoms with E-state index < -0.39 is 0 Å². The number of thiophene rings is 1. The second kappa shape index (κ2) is 7.84. The first-order chi connectivity index (χ1) is 13.9. The van der Waals surface area contributed by atoms with Crippen molar-refractivity contribution in [1.29, 1.82) is 0 Å². The Hall–Kier alpha value is -2.92. The van der Waals surface area contributed by atoms with E-state index in [0.717, 1.165) is 23.4 Å². The molecule has 1 amide bonds. The molecule has 29 heavy (non-hydrogen) atoms. The molecule has 4 rings (SSSR count). The lowest BCUT2D eigenvalue weighted by atomic mass is 9.99. The standard InChI is InChI=1S/C24H25N3OS/c1-15-12-16(2)19(17(3)13-15)14-27-21-9-6-5-8-20(21)26-23(27)18(4)25-24(28)22-10-7-11-29-22/h5-13,18H,14H2,1-4H3,(H,25,28). The Kier molecular flexibility index (Phi) is 5.24. The maximum atomic E-state index is 12.6. The summed E-state index contributed by atoms with van der Waals surface area (Å²) in [6, 6.07) is 16.1. The number of hydrogen-bond donors (Lipinski definition) is 1. The molecule has 2 aromatic heterocycles. The highest BCUT2D eigenvalue weighted by atomic mass is 32.1. The van der Waals surface area contributed by atoms with Crippen LogP contribution >= 0.6 is 11.3 Å². The van der Waals surface area contributed by atoms with Crippen LogP contribution in [-0.2, 0) is 6.54 Å². The highest BCUT2D eigenvalue weighted by Gasteiger charge is 2.20. The van der Waals surface area contributed by atoms with E-state index in [9.17, 15) is 4.79 Å². The van der Waals surface area contributed by atoms with Gasteiger partial charge in [-0.3, -0.25) is 4.79 Å². The topological polar surface area (TPSA) is 46.9 Å². The molecule has 0 aliphatic heterocycles. The van der Waals surface area contributed by atoms with Gasteiger partial charge in [-0.25, -0.2) is 4.98 Å². The first-order valence-corrected chi connectivity index (χ1v) is 10.7. The van der Waals surface area contributed by atoms with Crippen LogP contribution in [0, 0.1) is 20.8 Å². The average Bonchev–Trinajstić information content (AvgIpc) is 3.33. The van der Waals surface area contributed by atoms with E-state index in [4.69, 9.17) is 4.98 Å². The smallest absolute Gasteiger partial charge is 0.261 e. The van der Waals surface area contributed by atoms with Crippen LogP contribution in [0.2, 0.25) is 0 Å². The Labute approximate surface area is 175 Å². The van der Waals surface area contributed by atoms with Crippen LogP contribution in [0.25, 0.3) is 11.0 Å². The molecule has 5 heteroatoms. The molecule has 1 unspecified atom stereocenters. The maximum Gasteiger partial charge on any atom is 0.261 e. The molecule has 4 aromatic rings. The van der Waals surface area contributed by atoms with Crippen LogP contribution in [0.1, 0.15) is 50.7 Å². The number of rotatable bonds is 5. The van der Waals surface area contributed by atoms with Crippen molar-refractivity contribution in [2.75, 3.05) is 0 Å². The van der Waals surface area contributed by atoms with Gasteiger partial charge in [-0.2, -0.15) is 0 Å². The quantitative estimate of drug-likeness (QED) is 0.474. The van der Waals surface area contributed by atoms with Crippen molar-refractivity contribution in [1.82, 2.24) is 14.9 Å². The fraction of sp³-hybridized carbons (Fsp3) is 0.250. The number of nitrogens with one attached hydrogen (secondary N) is 1. The maximum absolute atomic E-state index is 12.6. The summed E-state index contributed by atoms with van der Waals surface area (Å²) < 4.78 is 2.24. The number of aromatic nitrogens is 2. The summed E-state index contributed by atoms with van der Waals surface area (Å²) in [5.41, 5.74) is 7.16. The molecule has 0 saturated carbocycles. The molecule has 2 heterocycles. The summed E-state index contributed by atoms with van der Waals surface area (Å²) >= 11 is 1.45. The number of carbonyl (C=O) groups is 1. The number of benzene rings is 2. The third-order valence-electron chi connectivity index (χ3n) is 5.32. The molecule has 0 fully saturated rings. The second-order valence-electron chi connectivity index (χ2n) is 7.59. The first kappa shape index (κ1) is 19.4. The molecule has 2 aromatic carbocycles. The van der Waals surface area contributed by atoms with E-state index in [1.165, 1.54) is 33.6 Å². The van der Waals surface area contributed by atoms with Crippen molar-refractivity contribution in [3.8, 4) is 0 Å². The van der Waals surface area contributed by atoms with E-state index in [-0.39, 0.29) is 11.9 Å². The fourth-order valence-electron chi connectivity index (χ4n) is 3.95. The van der Waals surface area contributed by atoms with Crippen LogP contribution in [0.3, 0.4) is 0 Å². The van der Waals surface area contributed by atoms with E-state index in [2.05, 4.69) is 48.9 Å². The molecular formula is C24H25N3OS. The molecule has 0 bridgehead atoms. The van der Waals surface area contributed by atoms with Crippen molar-refractivity contribution < 1.29 is 4.79 Å². The zero-order valence-electron chi connectivity index (χ0n) is 17.2. The summed E-state index contributed by atoms with van der Waals surface area (Å²) in [6.07, 6.45) is 0. The van der Waals surface area contributed by atoms with Crippen LogP contribution in [-0.4, -0.2) is 15.5 Å². The number of para-hydroxylation sites is 2. The Morgan fingerprint density at radius 3 is 2.52 bits per heavy atom. The monoisotopic (exact) mass is 403 g/mol. The molecule has 1 N–H and O–H groups in total. The third kappa shape index (κ3) is 3.83. The van der Waals surface area contributed by atoms with Gasteiger partial charge >= 0.3 is 0 Å². The third-order valence-corrected chi connectivity index (χ3v) is 6.19. The zero-order valence-corrected chi connectivity index (χ0v) is 18.0. The minimum Gasteiger partial charge on any atom is -0.342 e. The number of carbonyl (C=O) groups excluding carboxylic acids is 1. The summed E-state index contributed by atoms with van der Waals surface area (Å²) in [4.78, 5) is 18.2. The number of hydrogen-bond acceptors (Lipinski definition) is 3. The minimum atomic E-state index is -0.205. The molecule has 0 spiro atoms. The molecule has 0 radical (unpaired) electrons. The number of imidazole rings is 1. The predicted molar refractivity (Wildman–Crippen MR) is 120 cm³/mol. The Morgan fingerprint density at radius 1 is 1.10 bits per heavy atom. The average molecular weight is 404 g/mol. The van der Waals surface area contributed by atoms with E-state index >= 15 is 0 Å². The number of aryl methyl sites for hydroxylation is 3. The first-order valence-electron chi connectivity index (χ1n) is 9.80. The van der Waals surface area contributed by atoms with E-state index in [0.29, 0.717) is 4.88 Å². The summed E-state index contributed by atoms with van der Waals surface area (Å²) in [5.74, 6) is 0.810. The van der Waals surface area contributed by atoms with Gasteiger partial charge in [-0.05, 0) is 68.0 Å². The molecular weight excluding hydrogens is 378 g/mol. The van der Waals surface area contributed by atoms with Gasteiger partial charge in [0.2, 0.25) is 0 Å². The normalized spacial score (nSPS) is 12.3. The van der Waals surface area contributed by atoms with Gasteiger partial charge in [0.15, 0.2) is 0 Å². The van der Waals surface area contributed by atoms with Gasteiger partial charge in [-0.1, -0.05) is 35.9 Å². The van der Waals surface area contributed by atoms with Crippen molar-refractivity contribution in [3.05, 3.63) is 86.9 Å². The van der Waals surface area contributed by atoms with Gasteiger partial charge in [0.1, 0.15) is 5.82 Å². The van der Waals surface area contributed by atoms with Crippen molar-refractivity contribution in [2.45, 2.75) is 40.3 Å². The molecule has 1 atom stereocenters. The molecule has 0 saturated heterocycles. The molecule has 4 nitrogen and oxygen atoms in total. The Balaban J connectivity index is 1.74. The largest absolute Gasteiger partial charge is 0.342 e. The zero-order chi connectivity index (χ0) is 20.5. The fourth-order valence-corrected chi connectivity index (χ4v) is 4.58. The molecule has 148 valence electrons. The highest BCUT2D eigenvalue weighted by Crippen LogP contribution is 2.25. The van der Waals surface area contributed by atoms with Crippen LogP contribution < -0.4 is 5.32 Å². The van der Waals surface area contributed by atoms with Crippen molar-refractivity contribution >= 4 is 28.3 Å².